The lowest BCUT2D eigenvalue weighted by molar-refractivity contribution is 0.810. The Balaban J connectivity index is 1.67. The first-order valence-corrected chi connectivity index (χ1v) is 8.78. The van der Waals surface area contributed by atoms with Crippen LogP contribution >= 0.6 is 0 Å². The second kappa shape index (κ2) is 8.80. The van der Waals surface area contributed by atoms with E-state index in [1.54, 1.807) is 17.1 Å². The summed E-state index contributed by atoms with van der Waals surface area (Å²) in [5.41, 5.74) is 3.62. The van der Waals surface area contributed by atoms with E-state index in [2.05, 4.69) is 63.8 Å². The number of pyridine rings is 1. The molecule has 0 saturated heterocycles. The molecule has 0 aliphatic carbocycles. The molecular formula is C20H24N6. The van der Waals surface area contributed by atoms with Crippen LogP contribution in [0.15, 0.2) is 66.0 Å². The Morgan fingerprint density at radius 1 is 1.12 bits per heavy atom. The third-order valence-corrected chi connectivity index (χ3v) is 4.02. The number of hydrogen-bond acceptors (Lipinski definition) is 3. The standard InChI is InChI=1S/C20H24N6/c1-3-21-20(24-15-18-8-5-4-7-16(18)2)23-14-17-9-11-22-19(13-17)26-12-6-10-25-26/h4-13H,3,14-15H2,1-2H3,(H2,21,23,24). The van der Waals surface area contributed by atoms with Gasteiger partial charge in [-0.2, -0.15) is 5.10 Å². The number of guanidine groups is 1. The van der Waals surface area contributed by atoms with Crippen LogP contribution in [0.5, 0.6) is 0 Å². The Hall–Kier alpha value is -3.15. The summed E-state index contributed by atoms with van der Waals surface area (Å²) in [5, 5.41) is 10.9. The van der Waals surface area contributed by atoms with E-state index in [9.17, 15) is 0 Å². The zero-order valence-electron chi connectivity index (χ0n) is 15.2. The molecule has 0 fully saturated rings. The molecular weight excluding hydrogens is 324 g/mol. The van der Waals surface area contributed by atoms with Crippen molar-refractivity contribution in [3.8, 4) is 5.82 Å². The van der Waals surface area contributed by atoms with E-state index in [1.807, 2.05) is 24.4 Å². The number of hydrogen-bond donors (Lipinski definition) is 2. The third-order valence-electron chi connectivity index (χ3n) is 4.02. The molecule has 134 valence electrons. The molecule has 0 radical (unpaired) electrons. The Kier molecular flexibility index (Phi) is 5.98. The van der Waals surface area contributed by atoms with Crippen molar-refractivity contribution in [2.45, 2.75) is 26.9 Å². The predicted molar refractivity (Wildman–Crippen MR) is 104 cm³/mol. The molecule has 0 bridgehead atoms. The Morgan fingerprint density at radius 2 is 2.00 bits per heavy atom. The van der Waals surface area contributed by atoms with Gasteiger partial charge in [-0.05, 0) is 48.7 Å². The fourth-order valence-corrected chi connectivity index (χ4v) is 2.59. The molecule has 1 aromatic carbocycles. The maximum absolute atomic E-state index is 4.69. The molecule has 3 rings (SSSR count). The number of rotatable bonds is 6. The first-order valence-electron chi connectivity index (χ1n) is 8.78. The molecule has 0 amide bonds. The summed E-state index contributed by atoms with van der Waals surface area (Å²) >= 11 is 0. The molecule has 0 saturated carbocycles. The molecule has 2 heterocycles. The smallest absolute Gasteiger partial charge is 0.191 e. The minimum absolute atomic E-state index is 0.569. The molecule has 3 aromatic rings. The quantitative estimate of drug-likeness (QED) is 0.531. The summed E-state index contributed by atoms with van der Waals surface area (Å²) in [6, 6.07) is 14.2. The first kappa shape index (κ1) is 17.7. The minimum atomic E-state index is 0.569. The van der Waals surface area contributed by atoms with Gasteiger partial charge in [-0.3, -0.25) is 0 Å². The number of aliphatic imine (C=N–C) groups is 1. The van der Waals surface area contributed by atoms with Crippen molar-refractivity contribution in [1.82, 2.24) is 25.4 Å². The number of aromatic nitrogens is 3. The third kappa shape index (κ3) is 4.69. The van der Waals surface area contributed by atoms with Crippen LogP contribution in [-0.2, 0) is 13.1 Å². The van der Waals surface area contributed by atoms with Crippen molar-refractivity contribution < 1.29 is 0 Å². The number of benzene rings is 1. The summed E-state index contributed by atoms with van der Waals surface area (Å²) in [5.74, 6) is 1.59. The average molecular weight is 348 g/mol. The van der Waals surface area contributed by atoms with Crippen molar-refractivity contribution in [3.05, 3.63) is 77.7 Å². The molecule has 0 unspecified atom stereocenters. The van der Waals surface area contributed by atoms with Crippen LogP contribution in [0.3, 0.4) is 0 Å². The number of nitrogens with zero attached hydrogens (tertiary/aromatic N) is 4. The molecule has 0 atom stereocenters. The predicted octanol–water partition coefficient (Wildman–Crippen LogP) is 2.83. The van der Waals surface area contributed by atoms with E-state index in [0.717, 1.165) is 30.4 Å². The van der Waals surface area contributed by atoms with Crippen LogP contribution < -0.4 is 10.6 Å². The zero-order valence-corrected chi connectivity index (χ0v) is 15.2. The van der Waals surface area contributed by atoms with Gasteiger partial charge in [0.15, 0.2) is 11.8 Å². The summed E-state index contributed by atoms with van der Waals surface area (Å²) < 4.78 is 1.74. The van der Waals surface area contributed by atoms with Crippen molar-refractivity contribution in [3.63, 3.8) is 0 Å². The summed E-state index contributed by atoms with van der Waals surface area (Å²) in [4.78, 5) is 9.04. The normalized spacial score (nSPS) is 11.4. The van der Waals surface area contributed by atoms with Crippen molar-refractivity contribution in [2.24, 2.45) is 4.99 Å². The van der Waals surface area contributed by atoms with E-state index in [1.165, 1.54) is 11.1 Å². The summed E-state index contributed by atoms with van der Waals surface area (Å²) in [6.07, 6.45) is 5.41. The van der Waals surface area contributed by atoms with E-state index in [4.69, 9.17) is 0 Å². The largest absolute Gasteiger partial charge is 0.357 e. The van der Waals surface area contributed by atoms with Crippen LogP contribution in [0.2, 0.25) is 0 Å². The lowest BCUT2D eigenvalue weighted by Crippen LogP contribution is -2.36. The Bertz CT molecular complexity index is 854. The van der Waals surface area contributed by atoms with Gasteiger partial charge in [-0.25, -0.2) is 14.7 Å². The zero-order chi connectivity index (χ0) is 18.2. The van der Waals surface area contributed by atoms with Gasteiger partial charge in [-0.1, -0.05) is 24.3 Å². The highest BCUT2D eigenvalue weighted by molar-refractivity contribution is 5.79. The average Bonchev–Trinajstić information content (AvgIpc) is 3.20. The van der Waals surface area contributed by atoms with E-state index >= 15 is 0 Å². The number of aryl methyl sites for hydroxylation is 1. The molecule has 0 aliphatic heterocycles. The van der Waals surface area contributed by atoms with Crippen molar-refractivity contribution in [2.75, 3.05) is 6.54 Å². The maximum atomic E-state index is 4.69. The molecule has 2 N–H and O–H groups in total. The van der Waals surface area contributed by atoms with Gasteiger partial charge in [-0.15, -0.1) is 0 Å². The molecule has 0 aliphatic rings. The SMILES string of the molecule is CCNC(=NCc1ccnc(-n2cccn2)c1)NCc1ccccc1C. The van der Waals surface area contributed by atoms with Gasteiger partial charge in [0.05, 0.1) is 6.54 Å². The van der Waals surface area contributed by atoms with Gasteiger partial charge >= 0.3 is 0 Å². The lowest BCUT2D eigenvalue weighted by Gasteiger charge is -2.13. The molecule has 26 heavy (non-hydrogen) atoms. The minimum Gasteiger partial charge on any atom is -0.357 e. The topological polar surface area (TPSA) is 67.1 Å². The number of nitrogens with one attached hydrogen (secondary N) is 2. The van der Waals surface area contributed by atoms with Crippen LogP contribution in [-0.4, -0.2) is 27.3 Å². The lowest BCUT2D eigenvalue weighted by atomic mass is 10.1. The monoisotopic (exact) mass is 348 g/mol. The Labute approximate surface area is 154 Å². The second-order valence-electron chi connectivity index (χ2n) is 5.95. The van der Waals surface area contributed by atoms with Crippen molar-refractivity contribution in [1.29, 1.82) is 0 Å². The fourth-order valence-electron chi connectivity index (χ4n) is 2.59. The highest BCUT2D eigenvalue weighted by Crippen LogP contribution is 2.08. The highest BCUT2D eigenvalue weighted by atomic mass is 15.3. The molecule has 0 spiro atoms. The van der Waals surface area contributed by atoms with Crippen LogP contribution in [0.25, 0.3) is 5.82 Å². The van der Waals surface area contributed by atoms with Gasteiger partial charge in [0.2, 0.25) is 0 Å². The van der Waals surface area contributed by atoms with Crippen LogP contribution in [0.1, 0.15) is 23.6 Å². The van der Waals surface area contributed by atoms with Gasteiger partial charge in [0.25, 0.3) is 0 Å². The van der Waals surface area contributed by atoms with Crippen LogP contribution in [0.4, 0.5) is 0 Å². The van der Waals surface area contributed by atoms with Crippen LogP contribution in [0, 0.1) is 6.92 Å². The summed E-state index contributed by atoms with van der Waals surface area (Å²) in [7, 11) is 0. The summed E-state index contributed by atoms with van der Waals surface area (Å²) in [6.45, 7) is 6.31. The van der Waals surface area contributed by atoms with E-state index in [0.29, 0.717) is 6.54 Å². The van der Waals surface area contributed by atoms with E-state index < -0.39 is 0 Å². The van der Waals surface area contributed by atoms with Crippen molar-refractivity contribution >= 4 is 5.96 Å². The second-order valence-corrected chi connectivity index (χ2v) is 5.95. The van der Waals surface area contributed by atoms with E-state index in [-0.39, 0.29) is 0 Å². The maximum Gasteiger partial charge on any atom is 0.191 e. The molecule has 2 aromatic heterocycles. The van der Waals surface area contributed by atoms with Gasteiger partial charge < -0.3 is 10.6 Å². The molecule has 6 heteroatoms. The Morgan fingerprint density at radius 3 is 2.77 bits per heavy atom. The first-order chi connectivity index (χ1) is 12.8. The van der Waals surface area contributed by atoms with Gasteiger partial charge in [0.1, 0.15) is 0 Å². The highest BCUT2D eigenvalue weighted by Gasteiger charge is 2.02. The van der Waals surface area contributed by atoms with Gasteiger partial charge in [0, 0.05) is 31.7 Å². The fraction of sp³-hybridized carbons (Fsp3) is 0.250. The molecule has 6 nitrogen and oxygen atoms in total.